The quantitative estimate of drug-likeness (QED) is 0.860. The van der Waals surface area contributed by atoms with E-state index in [-0.39, 0.29) is 0 Å². The van der Waals surface area contributed by atoms with Crippen molar-refractivity contribution in [2.24, 2.45) is 0 Å². The van der Waals surface area contributed by atoms with Gasteiger partial charge in [0.25, 0.3) is 0 Å². The summed E-state index contributed by atoms with van der Waals surface area (Å²) < 4.78 is 1.90. The lowest BCUT2D eigenvalue weighted by Gasteiger charge is -2.29. The van der Waals surface area contributed by atoms with Crippen LogP contribution in [0.25, 0.3) is 5.65 Å². The zero-order chi connectivity index (χ0) is 12.8. The predicted octanol–water partition coefficient (Wildman–Crippen LogP) is 1.73. The molecule has 4 rings (SSSR count). The first-order valence-corrected chi connectivity index (χ1v) is 7.13. The molecule has 0 saturated carbocycles. The Kier molecular flexibility index (Phi) is 2.48. The molecule has 2 aromatic rings. The Morgan fingerprint density at radius 1 is 1.26 bits per heavy atom. The minimum absolute atomic E-state index is 0.511. The number of aromatic nitrogens is 3. The molecular weight excluding hydrogens is 238 g/mol. The third kappa shape index (κ3) is 1.98. The number of hydrogen-bond donors (Lipinski definition) is 2. The molecule has 2 aliphatic rings. The molecule has 0 aromatic carbocycles. The molecule has 0 spiro atoms. The van der Waals surface area contributed by atoms with E-state index in [1.807, 2.05) is 16.6 Å². The first-order chi connectivity index (χ1) is 9.28. The Labute approximate surface area is 112 Å². The van der Waals surface area contributed by atoms with Gasteiger partial charge < -0.3 is 10.6 Å². The van der Waals surface area contributed by atoms with Gasteiger partial charge in [0.2, 0.25) is 5.95 Å². The molecule has 0 aliphatic carbocycles. The van der Waals surface area contributed by atoms with Crippen LogP contribution in [0.3, 0.4) is 0 Å². The fraction of sp³-hybridized carbons (Fsp3) is 0.571. The standard InChI is InChI=1S/C14H19N5/c1-9-3-2-4-13-17-14(18-19(9)13)16-12-7-10-5-6-11(8-12)15-10/h2-4,10-12,15H,5-8H2,1H3,(H,16,18). The van der Waals surface area contributed by atoms with Crippen LogP contribution in [0.4, 0.5) is 5.95 Å². The number of piperidine rings is 1. The Morgan fingerprint density at radius 3 is 2.79 bits per heavy atom. The molecule has 2 atom stereocenters. The number of anilines is 1. The third-order valence-electron chi connectivity index (χ3n) is 4.36. The monoisotopic (exact) mass is 257 g/mol. The maximum Gasteiger partial charge on any atom is 0.243 e. The molecule has 2 aliphatic heterocycles. The van der Waals surface area contributed by atoms with Gasteiger partial charge in [0, 0.05) is 23.8 Å². The molecule has 0 amide bonds. The van der Waals surface area contributed by atoms with Crippen LogP contribution < -0.4 is 10.6 Å². The Hall–Kier alpha value is -1.62. The zero-order valence-electron chi connectivity index (χ0n) is 11.1. The molecule has 0 radical (unpaired) electrons. The van der Waals surface area contributed by atoms with Gasteiger partial charge in [-0.15, -0.1) is 5.10 Å². The van der Waals surface area contributed by atoms with Gasteiger partial charge in [-0.2, -0.15) is 4.98 Å². The summed E-state index contributed by atoms with van der Waals surface area (Å²) in [7, 11) is 0. The van der Waals surface area contributed by atoms with Crippen molar-refractivity contribution >= 4 is 11.6 Å². The number of aryl methyl sites for hydroxylation is 1. The van der Waals surface area contributed by atoms with Gasteiger partial charge in [0.15, 0.2) is 5.65 Å². The van der Waals surface area contributed by atoms with Crippen LogP contribution >= 0.6 is 0 Å². The Morgan fingerprint density at radius 2 is 2.05 bits per heavy atom. The summed E-state index contributed by atoms with van der Waals surface area (Å²) >= 11 is 0. The van der Waals surface area contributed by atoms with E-state index in [4.69, 9.17) is 0 Å². The molecule has 2 N–H and O–H groups in total. The molecule has 4 heterocycles. The zero-order valence-corrected chi connectivity index (χ0v) is 11.1. The number of hydrogen-bond acceptors (Lipinski definition) is 4. The number of nitrogens with one attached hydrogen (secondary N) is 2. The number of rotatable bonds is 2. The second kappa shape index (κ2) is 4.20. The summed E-state index contributed by atoms with van der Waals surface area (Å²) in [6.07, 6.45) is 5.01. The molecule has 2 fully saturated rings. The van der Waals surface area contributed by atoms with E-state index in [9.17, 15) is 0 Å². The lowest BCUT2D eigenvalue weighted by Crippen LogP contribution is -2.43. The molecule has 5 heteroatoms. The van der Waals surface area contributed by atoms with Crippen LogP contribution in [-0.4, -0.2) is 32.7 Å². The minimum atomic E-state index is 0.511. The Balaban J connectivity index is 1.56. The van der Waals surface area contributed by atoms with Gasteiger partial charge >= 0.3 is 0 Å². The first kappa shape index (κ1) is 11.2. The third-order valence-corrected chi connectivity index (χ3v) is 4.36. The van der Waals surface area contributed by atoms with Crippen molar-refractivity contribution in [3.05, 3.63) is 23.9 Å². The smallest absolute Gasteiger partial charge is 0.243 e. The van der Waals surface area contributed by atoms with Crippen LogP contribution in [0, 0.1) is 6.92 Å². The normalized spacial score (nSPS) is 29.8. The summed E-state index contributed by atoms with van der Waals surface area (Å²) in [4.78, 5) is 4.56. The molecule has 19 heavy (non-hydrogen) atoms. The van der Waals surface area contributed by atoms with Crippen LogP contribution in [-0.2, 0) is 0 Å². The number of nitrogens with zero attached hydrogens (tertiary/aromatic N) is 3. The fourth-order valence-corrected chi connectivity index (χ4v) is 3.45. The second-order valence-corrected chi connectivity index (χ2v) is 5.82. The molecule has 2 bridgehead atoms. The van der Waals surface area contributed by atoms with Crippen LogP contribution in [0.1, 0.15) is 31.4 Å². The van der Waals surface area contributed by atoms with Crippen molar-refractivity contribution in [1.82, 2.24) is 19.9 Å². The van der Waals surface area contributed by atoms with E-state index in [0.29, 0.717) is 18.1 Å². The van der Waals surface area contributed by atoms with Crippen molar-refractivity contribution in [2.45, 2.75) is 50.7 Å². The van der Waals surface area contributed by atoms with E-state index in [1.54, 1.807) is 0 Å². The van der Waals surface area contributed by atoms with Crippen molar-refractivity contribution < 1.29 is 0 Å². The van der Waals surface area contributed by atoms with Gasteiger partial charge in [-0.1, -0.05) is 6.07 Å². The highest BCUT2D eigenvalue weighted by Gasteiger charge is 2.33. The van der Waals surface area contributed by atoms with Crippen LogP contribution in [0.5, 0.6) is 0 Å². The molecule has 2 saturated heterocycles. The number of pyridine rings is 1. The lowest BCUT2D eigenvalue weighted by molar-refractivity contribution is 0.377. The average Bonchev–Trinajstić information content (AvgIpc) is 2.94. The molecule has 2 aromatic heterocycles. The van der Waals surface area contributed by atoms with Crippen LogP contribution in [0.15, 0.2) is 18.2 Å². The molecule has 100 valence electrons. The van der Waals surface area contributed by atoms with E-state index in [1.165, 1.54) is 25.7 Å². The summed E-state index contributed by atoms with van der Waals surface area (Å²) in [5, 5.41) is 11.7. The topological polar surface area (TPSA) is 54.2 Å². The van der Waals surface area contributed by atoms with Crippen molar-refractivity contribution in [1.29, 1.82) is 0 Å². The fourth-order valence-electron chi connectivity index (χ4n) is 3.45. The number of fused-ring (bicyclic) bond motifs is 3. The highest BCUT2D eigenvalue weighted by atomic mass is 15.4. The highest BCUT2D eigenvalue weighted by Crippen LogP contribution is 2.28. The van der Waals surface area contributed by atoms with Gasteiger partial charge in [0.1, 0.15) is 0 Å². The first-order valence-electron chi connectivity index (χ1n) is 7.13. The van der Waals surface area contributed by atoms with Crippen molar-refractivity contribution in [2.75, 3.05) is 5.32 Å². The molecule has 5 nitrogen and oxygen atoms in total. The van der Waals surface area contributed by atoms with Gasteiger partial charge in [-0.3, -0.25) is 0 Å². The van der Waals surface area contributed by atoms with E-state index < -0.39 is 0 Å². The lowest BCUT2D eigenvalue weighted by atomic mass is 10.0. The molecular formula is C14H19N5. The van der Waals surface area contributed by atoms with Crippen molar-refractivity contribution in [3.63, 3.8) is 0 Å². The largest absolute Gasteiger partial charge is 0.350 e. The van der Waals surface area contributed by atoms with E-state index in [2.05, 4.69) is 33.7 Å². The van der Waals surface area contributed by atoms with Gasteiger partial charge in [-0.05, 0) is 44.7 Å². The maximum absolute atomic E-state index is 4.56. The second-order valence-electron chi connectivity index (χ2n) is 5.82. The predicted molar refractivity (Wildman–Crippen MR) is 74.3 cm³/mol. The van der Waals surface area contributed by atoms with Gasteiger partial charge in [-0.25, -0.2) is 4.52 Å². The van der Waals surface area contributed by atoms with E-state index in [0.717, 1.165) is 17.3 Å². The highest BCUT2D eigenvalue weighted by molar-refractivity contribution is 5.44. The average molecular weight is 257 g/mol. The van der Waals surface area contributed by atoms with Gasteiger partial charge in [0.05, 0.1) is 0 Å². The van der Waals surface area contributed by atoms with E-state index >= 15 is 0 Å². The maximum atomic E-state index is 4.56. The summed E-state index contributed by atoms with van der Waals surface area (Å²) in [5.41, 5.74) is 2.03. The molecule has 2 unspecified atom stereocenters. The Bertz CT molecular complexity index is 593. The summed E-state index contributed by atoms with van der Waals surface area (Å²) in [5.74, 6) is 0.764. The summed E-state index contributed by atoms with van der Waals surface area (Å²) in [6, 6.07) is 7.96. The minimum Gasteiger partial charge on any atom is -0.350 e. The SMILES string of the molecule is Cc1cccc2nc(NC3CC4CCC(C3)N4)nn12. The summed E-state index contributed by atoms with van der Waals surface area (Å²) in [6.45, 7) is 2.05. The van der Waals surface area contributed by atoms with Crippen molar-refractivity contribution in [3.8, 4) is 0 Å². The van der Waals surface area contributed by atoms with Crippen LogP contribution in [0.2, 0.25) is 0 Å².